The van der Waals surface area contributed by atoms with Gasteiger partial charge in [0.1, 0.15) is 11.2 Å². The van der Waals surface area contributed by atoms with Gasteiger partial charge in [-0.2, -0.15) is 0 Å². The van der Waals surface area contributed by atoms with Gasteiger partial charge in [-0.1, -0.05) is 61.9 Å². The molecule has 0 radical (unpaired) electrons. The van der Waals surface area contributed by atoms with Gasteiger partial charge in [0.15, 0.2) is 0 Å². The number of fused-ring (bicyclic) bond motifs is 5. The molecule has 4 aromatic carbocycles. The van der Waals surface area contributed by atoms with E-state index in [1.807, 2.05) is 0 Å². The number of aryl methyl sites for hydroxylation is 1. The minimum absolute atomic E-state index is 0.0484. The summed E-state index contributed by atoms with van der Waals surface area (Å²) in [5.74, 6) is 0. The lowest BCUT2D eigenvalue weighted by Gasteiger charge is -2.42. The Morgan fingerprint density at radius 3 is 1.90 bits per heavy atom. The second-order valence-electron chi connectivity index (χ2n) is 8.78. The average molecular weight is 389 g/mol. The maximum absolute atomic E-state index is 6.10. The number of benzene rings is 4. The van der Waals surface area contributed by atoms with E-state index in [9.17, 15) is 0 Å². The predicted molar refractivity (Wildman–Crippen MR) is 125 cm³/mol. The fourth-order valence-electron chi connectivity index (χ4n) is 4.97. The number of rotatable bonds is 1. The van der Waals surface area contributed by atoms with Gasteiger partial charge in [0.2, 0.25) is 0 Å². The molecule has 0 spiro atoms. The first-order valence-corrected chi connectivity index (χ1v) is 10.5. The highest BCUT2D eigenvalue weighted by Crippen LogP contribution is 2.52. The Morgan fingerprint density at radius 1 is 0.667 bits per heavy atom. The normalized spacial score (nSPS) is 14.7. The molecule has 0 saturated heterocycles. The van der Waals surface area contributed by atoms with Crippen LogP contribution in [0.3, 0.4) is 0 Å². The van der Waals surface area contributed by atoms with Gasteiger partial charge in [0, 0.05) is 21.9 Å². The molecule has 1 aromatic heterocycles. The molecule has 0 N–H and O–H groups in total. The SMILES string of the molecule is Cc1ccc2oc3ccc(N4c5ccccc5C(C)(C)c5ccccc54)cc3c2c1. The maximum atomic E-state index is 6.10. The van der Waals surface area contributed by atoms with Crippen LogP contribution in [0.5, 0.6) is 0 Å². The molecule has 30 heavy (non-hydrogen) atoms. The van der Waals surface area contributed by atoms with Gasteiger partial charge in [-0.05, 0) is 60.5 Å². The van der Waals surface area contributed by atoms with Gasteiger partial charge >= 0.3 is 0 Å². The number of anilines is 3. The lowest BCUT2D eigenvalue weighted by molar-refractivity contribution is 0.632. The molecule has 2 heteroatoms. The van der Waals surface area contributed by atoms with Crippen LogP contribution in [-0.4, -0.2) is 0 Å². The molecule has 0 saturated carbocycles. The van der Waals surface area contributed by atoms with Crippen LogP contribution in [0, 0.1) is 6.92 Å². The number of nitrogens with zero attached hydrogens (tertiary/aromatic N) is 1. The molecule has 0 atom stereocenters. The Kier molecular flexibility index (Phi) is 3.47. The van der Waals surface area contributed by atoms with Crippen molar-refractivity contribution in [3.8, 4) is 0 Å². The molecule has 1 aliphatic rings. The smallest absolute Gasteiger partial charge is 0.135 e. The second-order valence-corrected chi connectivity index (χ2v) is 8.78. The Morgan fingerprint density at radius 2 is 1.23 bits per heavy atom. The molecular weight excluding hydrogens is 366 g/mol. The van der Waals surface area contributed by atoms with E-state index < -0.39 is 0 Å². The molecule has 0 fully saturated rings. The lowest BCUT2D eigenvalue weighted by atomic mass is 9.73. The third kappa shape index (κ3) is 2.31. The minimum Gasteiger partial charge on any atom is -0.456 e. The molecular formula is C28H23NO. The molecule has 2 heterocycles. The van der Waals surface area contributed by atoms with Crippen LogP contribution in [0.25, 0.3) is 21.9 Å². The van der Waals surface area contributed by atoms with Crippen LogP contribution in [-0.2, 0) is 5.41 Å². The summed E-state index contributed by atoms with van der Waals surface area (Å²) in [5, 5.41) is 2.33. The Balaban J connectivity index is 1.65. The number of hydrogen-bond donors (Lipinski definition) is 0. The number of furan rings is 1. The summed E-state index contributed by atoms with van der Waals surface area (Å²) < 4.78 is 6.10. The Bertz CT molecular complexity index is 1390. The van der Waals surface area contributed by atoms with Crippen molar-refractivity contribution in [3.63, 3.8) is 0 Å². The summed E-state index contributed by atoms with van der Waals surface area (Å²) in [6.45, 7) is 6.76. The molecule has 0 unspecified atom stereocenters. The summed E-state index contributed by atoms with van der Waals surface area (Å²) in [5.41, 5.74) is 9.38. The van der Waals surface area contributed by atoms with E-state index in [-0.39, 0.29) is 5.41 Å². The highest BCUT2D eigenvalue weighted by molar-refractivity contribution is 6.07. The zero-order valence-electron chi connectivity index (χ0n) is 17.4. The summed E-state index contributed by atoms with van der Waals surface area (Å²) in [6.07, 6.45) is 0. The molecule has 0 bridgehead atoms. The van der Waals surface area contributed by atoms with E-state index >= 15 is 0 Å². The van der Waals surface area contributed by atoms with E-state index in [1.165, 1.54) is 33.5 Å². The highest BCUT2D eigenvalue weighted by Gasteiger charge is 2.36. The fourth-order valence-corrected chi connectivity index (χ4v) is 4.97. The van der Waals surface area contributed by atoms with Gasteiger partial charge in [0.25, 0.3) is 0 Å². The van der Waals surface area contributed by atoms with E-state index in [2.05, 4.69) is 111 Å². The van der Waals surface area contributed by atoms with Crippen LogP contribution in [0.15, 0.2) is 89.3 Å². The van der Waals surface area contributed by atoms with Crippen molar-refractivity contribution in [2.75, 3.05) is 4.90 Å². The highest BCUT2D eigenvalue weighted by atomic mass is 16.3. The van der Waals surface area contributed by atoms with Gasteiger partial charge < -0.3 is 9.32 Å². The van der Waals surface area contributed by atoms with Crippen molar-refractivity contribution in [1.29, 1.82) is 0 Å². The fraction of sp³-hybridized carbons (Fsp3) is 0.143. The van der Waals surface area contributed by atoms with Crippen LogP contribution in [0.1, 0.15) is 30.5 Å². The van der Waals surface area contributed by atoms with Crippen molar-refractivity contribution >= 4 is 39.0 Å². The molecule has 6 rings (SSSR count). The average Bonchev–Trinajstić information content (AvgIpc) is 3.11. The summed E-state index contributed by atoms with van der Waals surface area (Å²) in [4.78, 5) is 2.39. The Hall–Kier alpha value is -3.52. The van der Waals surface area contributed by atoms with Crippen molar-refractivity contribution in [2.45, 2.75) is 26.2 Å². The van der Waals surface area contributed by atoms with Crippen molar-refractivity contribution in [3.05, 3.63) is 102 Å². The third-order valence-electron chi connectivity index (χ3n) is 6.50. The van der Waals surface area contributed by atoms with Gasteiger partial charge in [-0.3, -0.25) is 0 Å². The molecule has 1 aliphatic heterocycles. The zero-order chi connectivity index (χ0) is 20.5. The van der Waals surface area contributed by atoms with E-state index in [4.69, 9.17) is 4.42 Å². The van der Waals surface area contributed by atoms with Crippen molar-refractivity contribution < 1.29 is 4.42 Å². The minimum atomic E-state index is -0.0484. The Labute approximate surface area is 176 Å². The first-order valence-electron chi connectivity index (χ1n) is 10.5. The van der Waals surface area contributed by atoms with E-state index in [1.54, 1.807) is 0 Å². The topological polar surface area (TPSA) is 16.4 Å². The molecule has 2 nitrogen and oxygen atoms in total. The first-order chi connectivity index (χ1) is 14.5. The molecule has 0 amide bonds. The van der Waals surface area contributed by atoms with Crippen LogP contribution in [0.4, 0.5) is 17.1 Å². The van der Waals surface area contributed by atoms with Gasteiger partial charge in [-0.25, -0.2) is 0 Å². The van der Waals surface area contributed by atoms with Crippen molar-refractivity contribution in [1.82, 2.24) is 0 Å². The standard InChI is InChI=1S/C28H23NO/c1-18-12-14-26-20(16-18)21-17-19(13-15-27(21)30-26)29-24-10-6-4-8-22(24)28(2,3)23-9-5-7-11-25(23)29/h4-17H,1-3H3. The van der Waals surface area contributed by atoms with E-state index in [0.29, 0.717) is 0 Å². The third-order valence-corrected chi connectivity index (χ3v) is 6.50. The summed E-state index contributed by atoms with van der Waals surface area (Å²) >= 11 is 0. The van der Waals surface area contributed by atoms with Crippen LogP contribution < -0.4 is 4.90 Å². The monoisotopic (exact) mass is 389 g/mol. The lowest BCUT2D eigenvalue weighted by Crippen LogP contribution is -2.30. The summed E-state index contributed by atoms with van der Waals surface area (Å²) in [7, 11) is 0. The zero-order valence-corrected chi connectivity index (χ0v) is 17.4. The maximum Gasteiger partial charge on any atom is 0.135 e. The van der Waals surface area contributed by atoms with Crippen molar-refractivity contribution in [2.24, 2.45) is 0 Å². The van der Waals surface area contributed by atoms with Gasteiger partial charge in [0.05, 0.1) is 11.4 Å². The first kappa shape index (κ1) is 17.3. The second kappa shape index (κ2) is 5.99. The predicted octanol–water partition coefficient (Wildman–Crippen LogP) is 8.00. The van der Waals surface area contributed by atoms with E-state index in [0.717, 1.165) is 22.2 Å². The molecule has 5 aromatic rings. The summed E-state index contributed by atoms with van der Waals surface area (Å²) in [6, 6.07) is 30.4. The number of hydrogen-bond acceptors (Lipinski definition) is 2. The van der Waals surface area contributed by atoms with Gasteiger partial charge in [-0.15, -0.1) is 0 Å². The van der Waals surface area contributed by atoms with Crippen LogP contribution >= 0.6 is 0 Å². The number of para-hydroxylation sites is 2. The molecule has 146 valence electrons. The molecule has 0 aliphatic carbocycles. The van der Waals surface area contributed by atoms with Crippen LogP contribution in [0.2, 0.25) is 0 Å². The largest absolute Gasteiger partial charge is 0.456 e. The quantitative estimate of drug-likeness (QED) is 0.289.